The zero-order chi connectivity index (χ0) is 14.6. The SMILES string of the molecule is CCCCC(C)(C)C(=O)NCc1ccc2c(c1)OCO2. The van der Waals surface area contributed by atoms with E-state index in [-0.39, 0.29) is 18.1 Å². The van der Waals surface area contributed by atoms with Gasteiger partial charge in [0.15, 0.2) is 11.5 Å². The molecule has 110 valence electrons. The Morgan fingerprint density at radius 2 is 2.05 bits per heavy atom. The first-order chi connectivity index (χ1) is 9.53. The number of amides is 1. The summed E-state index contributed by atoms with van der Waals surface area (Å²) in [6, 6.07) is 5.75. The monoisotopic (exact) mass is 277 g/mol. The summed E-state index contributed by atoms with van der Waals surface area (Å²) in [5.41, 5.74) is 0.709. The highest BCUT2D eigenvalue weighted by Gasteiger charge is 2.26. The molecule has 1 aliphatic rings. The molecule has 4 nitrogen and oxygen atoms in total. The minimum atomic E-state index is -0.313. The molecule has 0 radical (unpaired) electrons. The van der Waals surface area contributed by atoms with Crippen LogP contribution < -0.4 is 14.8 Å². The topological polar surface area (TPSA) is 47.6 Å². The molecule has 2 rings (SSSR count). The standard InChI is InChI=1S/C16H23NO3/c1-4-5-8-16(2,3)15(18)17-10-12-6-7-13-14(9-12)20-11-19-13/h6-7,9H,4-5,8,10-11H2,1-3H3,(H,17,18). The molecule has 1 heterocycles. The lowest BCUT2D eigenvalue weighted by Crippen LogP contribution is -2.36. The predicted molar refractivity (Wildman–Crippen MR) is 77.7 cm³/mol. The molecule has 4 heteroatoms. The minimum Gasteiger partial charge on any atom is -0.454 e. The minimum absolute atomic E-state index is 0.101. The number of fused-ring (bicyclic) bond motifs is 1. The zero-order valence-corrected chi connectivity index (χ0v) is 12.5. The van der Waals surface area contributed by atoms with Crippen LogP contribution in [0.15, 0.2) is 18.2 Å². The number of hydrogen-bond acceptors (Lipinski definition) is 3. The Hall–Kier alpha value is -1.71. The van der Waals surface area contributed by atoms with Gasteiger partial charge in [0.05, 0.1) is 0 Å². The summed E-state index contributed by atoms with van der Waals surface area (Å²) in [7, 11) is 0. The molecule has 1 aliphatic heterocycles. The van der Waals surface area contributed by atoms with Gasteiger partial charge in [-0.05, 0) is 24.1 Å². The highest BCUT2D eigenvalue weighted by molar-refractivity contribution is 5.81. The second-order valence-electron chi connectivity index (χ2n) is 5.86. The summed E-state index contributed by atoms with van der Waals surface area (Å²) >= 11 is 0. The molecule has 0 spiro atoms. The highest BCUT2D eigenvalue weighted by atomic mass is 16.7. The fourth-order valence-electron chi connectivity index (χ4n) is 2.20. The Kier molecular flexibility index (Phi) is 4.53. The van der Waals surface area contributed by atoms with Crippen LogP contribution in [0.4, 0.5) is 0 Å². The van der Waals surface area contributed by atoms with Crippen molar-refractivity contribution in [2.45, 2.75) is 46.6 Å². The van der Waals surface area contributed by atoms with Crippen LogP contribution in [-0.2, 0) is 11.3 Å². The Morgan fingerprint density at radius 1 is 1.30 bits per heavy atom. The lowest BCUT2D eigenvalue weighted by Gasteiger charge is -2.23. The number of carbonyl (C=O) groups excluding carboxylic acids is 1. The Bertz CT molecular complexity index is 483. The van der Waals surface area contributed by atoms with Crippen molar-refractivity contribution in [3.8, 4) is 11.5 Å². The second-order valence-corrected chi connectivity index (χ2v) is 5.86. The third-order valence-corrected chi connectivity index (χ3v) is 3.66. The van der Waals surface area contributed by atoms with E-state index in [0.29, 0.717) is 6.54 Å². The van der Waals surface area contributed by atoms with Crippen molar-refractivity contribution in [1.29, 1.82) is 0 Å². The largest absolute Gasteiger partial charge is 0.454 e. The molecule has 0 bridgehead atoms. The van der Waals surface area contributed by atoms with E-state index >= 15 is 0 Å². The maximum atomic E-state index is 12.2. The molecule has 0 fully saturated rings. The van der Waals surface area contributed by atoms with E-state index < -0.39 is 0 Å². The normalized spacial score (nSPS) is 13.3. The fourth-order valence-corrected chi connectivity index (χ4v) is 2.20. The van der Waals surface area contributed by atoms with Crippen LogP contribution >= 0.6 is 0 Å². The maximum Gasteiger partial charge on any atom is 0.231 e. The average molecular weight is 277 g/mol. The summed E-state index contributed by atoms with van der Waals surface area (Å²) in [5, 5.41) is 3.00. The van der Waals surface area contributed by atoms with E-state index in [1.807, 2.05) is 32.0 Å². The highest BCUT2D eigenvalue weighted by Crippen LogP contribution is 2.32. The summed E-state index contributed by atoms with van der Waals surface area (Å²) in [6.45, 7) is 6.93. The van der Waals surface area contributed by atoms with E-state index in [1.54, 1.807) is 0 Å². The number of ether oxygens (including phenoxy) is 2. The van der Waals surface area contributed by atoms with Gasteiger partial charge in [0.2, 0.25) is 12.7 Å². The number of carbonyl (C=O) groups is 1. The van der Waals surface area contributed by atoms with Crippen LogP contribution in [0.3, 0.4) is 0 Å². The Balaban J connectivity index is 1.90. The molecule has 0 unspecified atom stereocenters. The van der Waals surface area contributed by atoms with E-state index in [4.69, 9.17) is 9.47 Å². The molecule has 0 saturated carbocycles. The summed E-state index contributed by atoms with van der Waals surface area (Å²) in [4.78, 5) is 12.2. The van der Waals surface area contributed by atoms with Crippen molar-refractivity contribution in [2.75, 3.05) is 6.79 Å². The van der Waals surface area contributed by atoms with Crippen LogP contribution in [0.5, 0.6) is 11.5 Å². The van der Waals surface area contributed by atoms with Crippen molar-refractivity contribution < 1.29 is 14.3 Å². The third kappa shape index (κ3) is 3.44. The first-order valence-electron chi connectivity index (χ1n) is 7.20. The summed E-state index contributed by atoms with van der Waals surface area (Å²) in [6.07, 6.45) is 3.10. The lowest BCUT2D eigenvalue weighted by molar-refractivity contribution is -0.129. The van der Waals surface area contributed by atoms with Crippen molar-refractivity contribution in [2.24, 2.45) is 5.41 Å². The molecule has 1 amide bonds. The number of benzene rings is 1. The molecule has 1 aromatic rings. The fraction of sp³-hybridized carbons (Fsp3) is 0.562. The molecule has 1 aromatic carbocycles. The van der Waals surface area contributed by atoms with Crippen LogP contribution in [-0.4, -0.2) is 12.7 Å². The van der Waals surface area contributed by atoms with Gasteiger partial charge in [-0.15, -0.1) is 0 Å². The number of nitrogens with one attached hydrogen (secondary N) is 1. The predicted octanol–water partition coefficient (Wildman–Crippen LogP) is 3.25. The van der Waals surface area contributed by atoms with Gasteiger partial charge in [-0.25, -0.2) is 0 Å². The maximum absolute atomic E-state index is 12.2. The van der Waals surface area contributed by atoms with E-state index in [9.17, 15) is 4.79 Å². The quantitative estimate of drug-likeness (QED) is 0.868. The van der Waals surface area contributed by atoms with Gasteiger partial charge < -0.3 is 14.8 Å². The number of hydrogen-bond donors (Lipinski definition) is 1. The van der Waals surface area contributed by atoms with Crippen molar-refractivity contribution in [1.82, 2.24) is 5.32 Å². The molecule has 0 aromatic heterocycles. The first kappa shape index (κ1) is 14.7. The molecule has 20 heavy (non-hydrogen) atoms. The average Bonchev–Trinajstić information content (AvgIpc) is 2.89. The smallest absolute Gasteiger partial charge is 0.231 e. The van der Waals surface area contributed by atoms with E-state index in [0.717, 1.165) is 36.3 Å². The van der Waals surface area contributed by atoms with Crippen molar-refractivity contribution >= 4 is 5.91 Å². The van der Waals surface area contributed by atoms with Crippen LogP contribution in [0.2, 0.25) is 0 Å². The van der Waals surface area contributed by atoms with Gasteiger partial charge >= 0.3 is 0 Å². The molecular formula is C16H23NO3. The Labute approximate surface area is 120 Å². The molecule has 0 aliphatic carbocycles. The third-order valence-electron chi connectivity index (χ3n) is 3.66. The van der Waals surface area contributed by atoms with Gasteiger partial charge in [0.25, 0.3) is 0 Å². The van der Waals surface area contributed by atoms with Crippen molar-refractivity contribution in [3.63, 3.8) is 0 Å². The molecule has 0 saturated heterocycles. The molecule has 0 atom stereocenters. The summed E-state index contributed by atoms with van der Waals surface area (Å²) < 4.78 is 10.6. The van der Waals surface area contributed by atoms with Gasteiger partial charge in [0.1, 0.15) is 0 Å². The number of rotatable bonds is 6. The van der Waals surface area contributed by atoms with E-state index in [2.05, 4.69) is 12.2 Å². The Morgan fingerprint density at radius 3 is 2.80 bits per heavy atom. The van der Waals surface area contributed by atoms with Gasteiger partial charge in [-0.2, -0.15) is 0 Å². The van der Waals surface area contributed by atoms with Gasteiger partial charge in [-0.3, -0.25) is 4.79 Å². The van der Waals surface area contributed by atoms with Crippen LogP contribution in [0.25, 0.3) is 0 Å². The van der Waals surface area contributed by atoms with Crippen molar-refractivity contribution in [3.05, 3.63) is 23.8 Å². The lowest BCUT2D eigenvalue weighted by atomic mass is 9.86. The first-order valence-corrected chi connectivity index (χ1v) is 7.20. The van der Waals surface area contributed by atoms with Gasteiger partial charge in [-0.1, -0.05) is 39.7 Å². The van der Waals surface area contributed by atoms with Gasteiger partial charge in [0, 0.05) is 12.0 Å². The molecular weight excluding hydrogens is 254 g/mol. The van der Waals surface area contributed by atoms with Crippen LogP contribution in [0, 0.1) is 5.41 Å². The summed E-state index contributed by atoms with van der Waals surface area (Å²) in [5.74, 6) is 1.62. The van der Waals surface area contributed by atoms with Crippen LogP contribution in [0.1, 0.15) is 45.6 Å². The van der Waals surface area contributed by atoms with E-state index in [1.165, 1.54) is 0 Å². The zero-order valence-electron chi connectivity index (χ0n) is 12.5. The second kappa shape index (κ2) is 6.16. The molecule has 1 N–H and O–H groups in total. The number of unbranched alkanes of at least 4 members (excludes halogenated alkanes) is 1.